The van der Waals surface area contributed by atoms with Crippen LogP contribution < -0.4 is 4.90 Å². The Bertz CT molecular complexity index is 658. The molecule has 0 aromatic heterocycles. The molecule has 1 heterocycles. The number of nitro groups is 1. The number of piperidine rings is 1. The van der Waals surface area contributed by atoms with Crippen LogP contribution in [0.15, 0.2) is 18.2 Å². The van der Waals surface area contributed by atoms with E-state index in [2.05, 4.69) is 0 Å². The van der Waals surface area contributed by atoms with Crippen LogP contribution in [0, 0.1) is 16.0 Å². The van der Waals surface area contributed by atoms with Gasteiger partial charge in [0, 0.05) is 32.1 Å². The van der Waals surface area contributed by atoms with Crippen LogP contribution >= 0.6 is 0 Å². The van der Waals surface area contributed by atoms with Crippen molar-refractivity contribution in [3.05, 3.63) is 33.9 Å². The molecular formula is C15H18F3N3O4. The fourth-order valence-corrected chi connectivity index (χ4v) is 2.83. The Kier molecular flexibility index (Phi) is 5.51. The molecule has 138 valence electrons. The van der Waals surface area contributed by atoms with Gasteiger partial charge in [-0.1, -0.05) is 0 Å². The summed E-state index contributed by atoms with van der Waals surface area (Å²) in [5.41, 5.74) is -1.52. The lowest BCUT2D eigenvalue weighted by Gasteiger charge is -2.33. The summed E-state index contributed by atoms with van der Waals surface area (Å²) in [7, 11) is 2.87. The van der Waals surface area contributed by atoms with Gasteiger partial charge in [0.1, 0.15) is 5.69 Å². The lowest BCUT2D eigenvalue weighted by Crippen LogP contribution is -2.41. The molecule has 1 aromatic rings. The lowest BCUT2D eigenvalue weighted by atomic mass is 9.95. The van der Waals surface area contributed by atoms with Crippen LogP contribution in [0.3, 0.4) is 0 Å². The summed E-state index contributed by atoms with van der Waals surface area (Å²) in [6, 6.07) is 2.49. The van der Waals surface area contributed by atoms with E-state index in [1.54, 1.807) is 4.90 Å². The molecule has 10 heteroatoms. The zero-order valence-electron chi connectivity index (χ0n) is 13.7. The first-order valence-electron chi connectivity index (χ1n) is 7.57. The van der Waals surface area contributed by atoms with E-state index in [-0.39, 0.29) is 17.5 Å². The third-order valence-electron chi connectivity index (χ3n) is 4.27. The Morgan fingerprint density at radius 2 is 1.96 bits per heavy atom. The number of hydrogen-bond donors (Lipinski definition) is 0. The molecular weight excluding hydrogens is 343 g/mol. The highest BCUT2D eigenvalue weighted by Crippen LogP contribution is 2.37. The number of nitrogens with zero attached hydrogens (tertiary/aromatic N) is 3. The lowest BCUT2D eigenvalue weighted by molar-refractivity contribution is -0.384. The van der Waals surface area contributed by atoms with E-state index in [1.165, 1.54) is 14.2 Å². The van der Waals surface area contributed by atoms with Crippen molar-refractivity contribution in [2.24, 2.45) is 5.92 Å². The van der Waals surface area contributed by atoms with E-state index in [0.29, 0.717) is 32.0 Å². The Morgan fingerprint density at radius 1 is 1.36 bits per heavy atom. The summed E-state index contributed by atoms with van der Waals surface area (Å²) in [6.45, 7) is 0.667. The molecule has 1 amide bonds. The average Bonchev–Trinajstić information content (AvgIpc) is 2.59. The number of hydrogen-bond acceptors (Lipinski definition) is 5. The fraction of sp³-hybridized carbons (Fsp3) is 0.533. The zero-order valence-corrected chi connectivity index (χ0v) is 13.7. The number of halogens is 3. The minimum atomic E-state index is -4.65. The summed E-state index contributed by atoms with van der Waals surface area (Å²) < 4.78 is 38.3. The molecule has 1 fully saturated rings. The Hall–Kier alpha value is -2.36. The van der Waals surface area contributed by atoms with E-state index in [0.717, 1.165) is 17.2 Å². The molecule has 0 N–H and O–H groups in total. The SMILES string of the molecule is CON(C)C(=O)C1CCN(c2ccc(C(F)(F)F)cc2[N+](=O)[O-])CC1. The Morgan fingerprint density at radius 3 is 2.44 bits per heavy atom. The summed E-state index contributed by atoms with van der Waals surface area (Å²) in [4.78, 5) is 28.9. The standard InChI is InChI=1S/C15H18F3N3O4/c1-19(25-2)14(22)10-5-7-20(8-6-10)12-4-3-11(15(16,17)18)9-13(12)21(23)24/h3-4,9-10H,5-8H2,1-2H3. The highest BCUT2D eigenvalue weighted by atomic mass is 19.4. The van der Waals surface area contributed by atoms with Crippen molar-refractivity contribution in [1.29, 1.82) is 0 Å². The molecule has 1 saturated heterocycles. The predicted molar refractivity (Wildman–Crippen MR) is 82.8 cm³/mol. The van der Waals surface area contributed by atoms with Gasteiger partial charge < -0.3 is 4.90 Å². The van der Waals surface area contributed by atoms with E-state index in [1.807, 2.05) is 0 Å². The van der Waals surface area contributed by atoms with Crippen LogP contribution in [0.2, 0.25) is 0 Å². The van der Waals surface area contributed by atoms with Crippen molar-refractivity contribution in [1.82, 2.24) is 5.06 Å². The summed E-state index contributed by atoms with van der Waals surface area (Å²) in [5.74, 6) is -0.473. The van der Waals surface area contributed by atoms with Crippen molar-refractivity contribution in [2.75, 3.05) is 32.1 Å². The maximum absolute atomic E-state index is 12.8. The largest absolute Gasteiger partial charge is 0.416 e. The van der Waals surface area contributed by atoms with Gasteiger partial charge in [-0.05, 0) is 25.0 Å². The topological polar surface area (TPSA) is 75.9 Å². The van der Waals surface area contributed by atoms with Gasteiger partial charge in [0.25, 0.3) is 5.69 Å². The zero-order chi connectivity index (χ0) is 18.8. The highest BCUT2D eigenvalue weighted by molar-refractivity contribution is 5.78. The van der Waals surface area contributed by atoms with Gasteiger partial charge in [0.2, 0.25) is 5.91 Å². The normalized spacial score (nSPS) is 16.0. The first kappa shape index (κ1) is 19.0. The summed E-state index contributed by atoms with van der Waals surface area (Å²) in [6.07, 6.45) is -3.77. The summed E-state index contributed by atoms with van der Waals surface area (Å²) in [5, 5.41) is 12.3. The minimum absolute atomic E-state index is 0.129. The maximum Gasteiger partial charge on any atom is 0.416 e. The Balaban J connectivity index is 2.18. The van der Waals surface area contributed by atoms with Gasteiger partial charge in [-0.15, -0.1) is 0 Å². The fourth-order valence-electron chi connectivity index (χ4n) is 2.83. The third kappa shape index (κ3) is 4.19. The number of carbonyl (C=O) groups excluding carboxylic acids is 1. The number of rotatable bonds is 4. The van der Waals surface area contributed by atoms with Gasteiger partial charge in [-0.3, -0.25) is 19.7 Å². The number of hydroxylamine groups is 2. The second-order valence-corrected chi connectivity index (χ2v) is 5.74. The monoisotopic (exact) mass is 361 g/mol. The first-order valence-corrected chi connectivity index (χ1v) is 7.57. The average molecular weight is 361 g/mol. The minimum Gasteiger partial charge on any atom is -0.366 e. The molecule has 1 aliphatic rings. The molecule has 0 saturated carbocycles. The van der Waals surface area contributed by atoms with Crippen molar-refractivity contribution < 1.29 is 27.7 Å². The third-order valence-corrected chi connectivity index (χ3v) is 4.27. The van der Waals surface area contributed by atoms with Crippen molar-refractivity contribution in [2.45, 2.75) is 19.0 Å². The summed E-state index contributed by atoms with van der Waals surface area (Å²) >= 11 is 0. The molecule has 0 bridgehead atoms. The Labute approximate surface area is 142 Å². The number of anilines is 1. The van der Waals surface area contributed by atoms with Gasteiger partial charge in [0.05, 0.1) is 17.6 Å². The second-order valence-electron chi connectivity index (χ2n) is 5.74. The van der Waals surface area contributed by atoms with Gasteiger partial charge in [0.15, 0.2) is 0 Å². The molecule has 1 aliphatic heterocycles. The molecule has 7 nitrogen and oxygen atoms in total. The maximum atomic E-state index is 12.8. The molecule has 0 radical (unpaired) electrons. The van der Waals surface area contributed by atoms with E-state index in [4.69, 9.17) is 4.84 Å². The van der Waals surface area contributed by atoms with E-state index < -0.39 is 22.4 Å². The van der Waals surface area contributed by atoms with Crippen molar-refractivity contribution in [3.8, 4) is 0 Å². The molecule has 0 spiro atoms. The smallest absolute Gasteiger partial charge is 0.366 e. The molecule has 25 heavy (non-hydrogen) atoms. The van der Waals surface area contributed by atoms with E-state index >= 15 is 0 Å². The molecule has 0 unspecified atom stereocenters. The number of amides is 1. The quantitative estimate of drug-likeness (QED) is 0.609. The molecule has 1 aromatic carbocycles. The van der Waals surface area contributed by atoms with Crippen LogP contribution in [0.1, 0.15) is 18.4 Å². The predicted octanol–water partition coefficient (Wildman–Crippen LogP) is 2.85. The van der Waals surface area contributed by atoms with Crippen molar-refractivity contribution >= 4 is 17.3 Å². The first-order chi connectivity index (χ1) is 11.6. The van der Waals surface area contributed by atoms with Crippen LogP contribution in [0.4, 0.5) is 24.5 Å². The molecule has 2 rings (SSSR count). The van der Waals surface area contributed by atoms with Gasteiger partial charge in [-0.25, -0.2) is 5.06 Å². The number of benzene rings is 1. The molecule has 0 aliphatic carbocycles. The number of carbonyl (C=O) groups is 1. The second kappa shape index (κ2) is 7.26. The van der Waals surface area contributed by atoms with Gasteiger partial charge >= 0.3 is 6.18 Å². The van der Waals surface area contributed by atoms with Crippen LogP contribution in [0.25, 0.3) is 0 Å². The number of nitro benzene ring substituents is 1. The number of alkyl halides is 3. The molecule has 0 atom stereocenters. The van der Waals surface area contributed by atoms with Gasteiger partial charge in [-0.2, -0.15) is 13.2 Å². The van der Waals surface area contributed by atoms with E-state index in [9.17, 15) is 28.1 Å². The van der Waals surface area contributed by atoms with Crippen LogP contribution in [-0.2, 0) is 15.8 Å². The van der Waals surface area contributed by atoms with Crippen LogP contribution in [0.5, 0.6) is 0 Å². The highest BCUT2D eigenvalue weighted by Gasteiger charge is 2.35. The van der Waals surface area contributed by atoms with Crippen molar-refractivity contribution in [3.63, 3.8) is 0 Å². The van der Waals surface area contributed by atoms with Crippen LogP contribution in [-0.4, -0.2) is 43.1 Å².